The Bertz CT molecular complexity index is 545. The van der Waals surface area contributed by atoms with Crippen LogP contribution < -0.4 is 5.32 Å². The van der Waals surface area contributed by atoms with Gasteiger partial charge in [-0.25, -0.2) is 9.67 Å². The van der Waals surface area contributed by atoms with Crippen LogP contribution in [-0.2, 0) is 25.9 Å². The first-order valence-electron chi connectivity index (χ1n) is 7.48. The maximum Gasteiger partial charge on any atom is 0.150 e. The number of hydrogen-bond donors (Lipinski definition) is 1. The van der Waals surface area contributed by atoms with E-state index in [4.69, 9.17) is 0 Å². The molecular formula is C16H24N4. The Kier molecular flexibility index (Phi) is 5.30. The Morgan fingerprint density at radius 2 is 1.80 bits per heavy atom. The molecule has 108 valence electrons. The van der Waals surface area contributed by atoms with Crippen LogP contribution in [0, 0.1) is 0 Å². The number of aryl methyl sites for hydroxylation is 2. The van der Waals surface area contributed by atoms with Crippen molar-refractivity contribution in [3.63, 3.8) is 0 Å². The maximum absolute atomic E-state index is 4.60. The molecule has 0 fully saturated rings. The lowest BCUT2D eigenvalue weighted by Gasteiger charge is -2.11. The molecule has 0 bridgehead atoms. The van der Waals surface area contributed by atoms with E-state index in [0.717, 1.165) is 44.1 Å². The van der Waals surface area contributed by atoms with Crippen LogP contribution >= 0.6 is 0 Å². The Balaban J connectivity index is 2.23. The second-order valence-corrected chi connectivity index (χ2v) is 4.86. The van der Waals surface area contributed by atoms with Crippen molar-refractivity contribution in [2.24, 2.45) is 0 Å². The molecule has 0 aliphatic rings. The van der Waals surface area contributed by atoms with Crippen molar-refractivity contribution < 1.29 is 0 Å². The van der Waals surface area contributed by atoms with Crippen LogP contribution in [0.15, 0.2) is 24.3 Å². The van der Waals surface area contributed by atoms with Crippen molar-refractivity contribution in [2.45, 2.75) is 46.7 Å². The van der Waals surface area contributed by atoms with Gasteiger partial charge in [0.05, 0.1) is 6.54 Å². The average molecular weight is 272 g/mol. The molecule has 20 heavy (non-hydrogen) atoms. The molecule has 2 aromatic rings. The van der Waals surface area contributed by atoms with E-state index in [9.17, 15) is 0 Å². The van der Waals surface area contributed by atoms with E-state index in [2.05, 4.69) is 60.4 Å². The summed E-state index contributed by atoms with van der Waals surface area (Å²) in [5.74, 6) is 2.01. The minimum Gasteiger partial charge on any atom is -0.313 e. The van der Waals surface area contributed by atoms with Crippen molar-refractivity contribution in [1.82, 2.24) is 20.1 Å². The highest BCUT2D eigenvalue weighted by Crippen LogP contribution is 2.12. The second kappa shape index (κ2) is 7.20. The Hall–Kier alpha value is -1.68. The Morgan fingerprint density at radius 1 is 1.05 bits per heavy atom. The third kappa shape index (κ3) is 3.45. The zero-order chi connectivity index (χ0) is 14.4. The maximum atomic E-state index is 4.60. The van der Waals surface area contributed by atoms with E-state index in [1.165, 1.54) is 11.1 Å². The van der Waals surface area contributed by atoms with Gasteiger partial charge in [0.15, 0.2) is 5.82 Å². The van der Waals surface area contributed by atoms with Crippen LogP contribution in [0.1, 0.15) is 43.5 Å². The molecule has 4 nitrogen and oxygen atoms in total. The third-order valence-corrected chi connectivity index (χ3v) is 3.43. The number of nitrogens with zero attached hydrogens (tertiary/aromatic N) is 3. The lowest BCUT2D eigenvalue weighted by molar-refractivity contribution is 0.627. The largest absolute Gasteiger partial charge is 0.313 e. The molecule has 0 radical (unpaired) electrons. The van der Waals surface area contributed by atoms with Crippen molar-refractivity contribution >= 4 is 0 Å². The van der Waals surface area contributed by atoms with Crippen molar-refractivity contribution in [3.05, 3.63) is 47.0 Å². The summed E-state index contributed by atoms with van der Waals surface area (Å²) in [7, 11) is 0. The van der Waals surface area contributed by atoms with Gasteiger partial charge in [-0.15, -0.1) is 0 Å². The Labute approximate surface area is 121 Å². The highest BCUT2D eigenvalue weighted by atomic mass is 15.3. The van der Waals surface area contributed by atoms with Gasteiger partial charge in [-0.05, 0) is 17.7 Å². The quantitative estimate of drug-likeness (QED) is 0.842. The molecule has 0 amide bonds. The van der Waals surface area contributed by atoms with Crippen LogP contribution in [0.3, 0.4) is 0 Å². The van der Waals surface area contributed by atoms with E-state index in [1.54, 1.807) is 0 Å². The fraction of sp³-hybridized carbons (Fsp3) is 0.500. The Morgan fingerprint density at radius 3 is 2.45 bits per heavy atom. The lowest BCUT2D eigenvalue weighted by Crippen LogP contribution is -2.15. The predicted molar refractivity (Wildman–Crippen MR) is 81.7 cm³/mol. The minimum absolute atomic E-state index is 0.803. The number of nitrogens with one attached hydrogen (secondary N) is 1. The molecule has 0 spiro atoms. The summed E-state index contributed by atoms with van der Waals surface area (Å²) in [5.41, 5.74) is 2.65. The molecule has 4 heteroatoms. The smallest absolute Gasteiger partial charge is 0.150 e. The van der Waals surface area contributed by atoms with Gasteiger partial charge in [-0.3, -0.25) is 0 Å². The van der Waals surface area contributed by atoms with Crippen LogP contribution in [0.25, 0.3) is 0 Å². The zero-order valence-electron chi connectivity index (χ0n) is 12.7. The average Bonchev–Trinajstić information content (AvgIpc) is 2.88. The predicted octanol–water partition coefficient (Wildman–Crippen LogP) is 2.56. The van der Waals surface area contributed by atoms with Gasteiger partial charge in [0, 0.05) is 19.4 Å². The van der Waals surface area contributed by atoms with Crippen LogP contribution in [0.4, 0.5) is 0 Å². The molecule has 0 atom stereocenters. The normalized spacial score (nSPS) is 10.9. The summed E-state index contributed by atoms with van der Waals surface area (Å²) >= 11 is 0. The first-order chi connectivity index (χ1) is 9.78. The summed E-state index contributed by atoms with van der Waals surface area (Å²) in [6, 6.07) is 8.55. The van der Waals surface area contributed by atoms with Crippen LogP contribution in [0.5, 0.6) is 0 Å². The van der Waals surface area contributed by atoms with Gasteiger partial charge in [-0.2, -0.15) is 5.10 Å². The molecule has 0 saturated heterocycles. The monoisotopic (exact) mass is 272 g/mol. The SMILES string of the molecule is CCNCc1ccccc1Cn1nc(CC)nc1CC. The summed E-state index contributed by atoms with van der Waals surface area (Å²) in [6.07, 6.45) is 1.81. The molecule has 1 heterocycles. The molecule has 0 saturated carbocycles. The molecule has 0 unspecified atom stereocenters. The van der Waals surface area contributed by atoms with Crippen LogP contribution in [-0.4, -0.2) is 21.3 Å². The van der Waals surface area contributed by atoms with E-state index >= 15 is 0 Å². The summed E-state index contributed by atoms with van der Waals surface area (Å²) in [5, 5.41) is 7.99. The fourth-order valence-corrected chi connectivity index (χ4v) is 2.27. The standard InChI is InChI=1S/C16H24N4/c1-4-15-18-16(5-2)20(19-15)12-14-10-8-7-9-13(14)11-17-6-3/h7-10,17H,4-6,11-12H2,1-3H3. The van der Waals surface area contributed by atoms with Crippen molar-refractivity contribution in [3.8, 4) is 0 Å². The minimum atomic E-state index is 0.803. The molecule has 1 aromatic heterocycles. The molecular weight excluding hydrogens is 248 g/mol. The van der Waals surface area contributed by atoms with E-state index in [-0.39, 0.29) is 0 Å². The highest BCUT2D eigenvalue weighted by Gasteiger charge is 2.09. The van der Waals surface area contributed by atoms with Gasteiger partial charge in [-0.1, -0.05) is 45.0 Å². The molecule has 1 N–H and O–H groups in total. The lowest BCUT2D eigenvalue weighted by atomic mass is 10.1. The molecule has 1 aromatic carbocycles. The number of benzene rings is 1. The van der Waals surface area contributed by atoms with E-state index < -0.39 is 0 Å². The number of aromatic nitrogens is 3. The second-order valence-electron chi connectivity index (χ2n) is 4.86. The van der Waals surface area contributed by atoms with E-state index in [0.29, 0.717) is 0 Å². The summed E-state index contributed by atoms with van der Waals surface area (Å²) in [6.45, 7) is 9.05. The summed E-state index contributed by atoms with van der Waals surface area (Å²) in [4.78, 5) is 4.57. The molecule has 0 aliphatic carbocycles. The summed E-state index contributed by atoms with van der Waals surface area (Å²) < 4.78 is 2.05. The number of rotatable bonds is 7. The highest BCUT2D eigenvalue weighted by molar-refractivity contribution is 5.27. The van der Waals surface area contributed by atoms with Crippen molar-refractivity contribution in [2.75, 3.05) is 6.54 Å². The first-order valence-corrected chi connectivity index (χ1v) is 7.48. The fourth-order valence-electron chi connectivity index (χ4n) is 2.27. The zero-order valence-corrected chi connectivity index (χ0v) is 12.7. The van der Waals surface area contributed by atoms with Gasteiger partial charge in [0.1, 0.15) is 5.82 Å². The van der Waals surface area contributed by atoms with Gasteiger partial charge < -0.3 is 5.32 Å². The molecule has 0 aliphatic heterocycles. The van der Waals surface area contributed by atoms with E-state index in [1.807, 2.05) is 4.68 Å². The van der Waals surface area contributed by atoms with Crippen LogP contribution in [0.2, 0.25) is 0 Å². The third-order valence-electron chi connectivity index (χ3n) is 3.43. The first kappa shape index (κ1) is 14.7. The van der Waals surface area contributed by atoms with Gasteiger partial charge in [0.2, 0.25) is 0 Å². The molecule has 2 rings (SSSR count). The topological polar surface area (TPSA) is 42.7 Å². The van der Waals surface area contributed by atoms with Crippen molar-refractivity contribution in [1.29, 1.82) is 0 Å². The van der Waals surface area contributed by atoms with Gasteiger partial charge in [0.25, 0.3) is 0 Å². The number of hydrogen-bond acceptors (Lipinski definition) is 3. The van der Waals surface area contributed by atoms with Gasteiger partial charge >= 0.3 is 0 Å².